The molecule has 0 aliphatic carbocycles. The van der Waals surface area contributed by atoms with E-state index < -0.39 is 29.3 Å². The molecular weight excluding hydrogens is 601 g/mol. The van der Waals surface area contributed by atoms with Gasteiger partial charge in [-0.15, -0.1) is 10.2 Å². The number of Topliss-reactive ketones (excluding diaryl/α,β-unsaturated/α-hetero) is 1. The van der Waals surface area contributed by atoms with Crippen molar-refractivity contribution >= 4 is 57.3 Å². The number of carbonyl (C=O) groups excluding carboxylic acids is 2. The normalized spacial score (nSPS) is 16.2. The lowest BCUT2D eigenvalue weighted by Crippen LogP contribution is -2.29. The number of methoxy groups -OCH3 is 1. The second kappa shape index (κ2) is 12.9. The molecule has 5 rings (SSSR count). The largest absolute Gasteiger partial charge is 0.507 e. The van der Waals surface area contributed by atoms with Gasteiger partial charge in [0.05, 0.1) is 25.3 Å². The molecule has 4 aromatic rings. The predicted octanol–water partition coefficient (Wildman–Crippen LogP) is 7.05. The van der Waals surface area contributed by atoms with Crippen molar-refractivity contribution in [3.8, 4) is 11.5 Å². The van der Waals surface area contributed by atoms with Gasteiger partial charge in [0.15, 0.2) is 15.9 Å². The molecule has 42 heavy (non-hydrogen) atoms. The maximum Gasteiger partial charge on any atom is 0.301 e. The molecule has 3 aromatic carbocycles. The highest BCUT2D eigenvalue weighted by molar-refractivity contribution is 8.00. The molecule has 1 aromatic heterocycles. The molecule has 0 spiro atoms. The molecule has 0 radical (unpaired) electrons. The fourth-order valence-electron chi connectivity index (χ4n) is 4.39. The first-order valence-electron chi connectivity index (χ1n) is 12.9. The molecule has 0 saturated carbocycles. The lowest BCUT2D eigenvalue weighted by Gasteiger charge is -2.22. The van der Waals surface area contributed by atoms with Crippen molar-refractivity contribution in [2.24, 2.45) is 0 Å². The van der Waals surface area contributed by atoms with E-state index in [1.54, 1.807) is 30.3 Å². The number of nitrogens with zero attached hydrogens (tertiary/aromatic N) is 3. The third-order valence-electron chi connectivity index (χ3n) is 6.45. The number of anilines is 1. The second-order valence-corrected chi connectivity index (χ2v) is 11.8. The van der Waals surface area contributed by atoms with Crippen LogP contribution in [-0.4, -0.2) is 40.7 Å². The van der Waals surface area contributed by atoms with Crippen molar-refractivity contribution in [1.82, 2.24) is 10.2 Å². The molecule has 1 saturated heterocycles. The Hall–Kier alpha value is -3.93. The number of carbonyl (C=O) groups is 2. The van der Waals surface area contributed by atoms with Crippen LogP contribution < -0.4 is 14.4 Å². The van der Waals surface area contributed by atoms with Gasteiger partial charge in [0.25, 0.3) is 5.78 Å². The summed E-state index contributed by atoms with van der Waals surface area (Å²) in [7, 11) is 1.32. The summed E-state index contributed by atoms with van der Waals surface area (Å²) in [5.74, 6) is -1.95. The van der Waals surface area contributed by atoms with Crippen LogP contribution in [0.4, 0.5) is 9.52 Å². The first-order valence-corrected chi connectivity index (χ1v) is 15.1. The maximum atomic E-state index is 14.5. The summed E-state index contributed by atoms with van der Waals surface area (Å²) >= 11 is 8.81. The standard InChI is InChI=1S/C30H25ClFN3O5S2/c1-3-14-40-20-11-8-17(9-12-20)25-24(26(36)18-10-13-23(39-2)22(32)15-18)27(37)28(38)35(25)29-33-34-30(42-29)41-16-19-6-4-5-7-21(19)31/h4-13,15,25,36H,3,14,16H2,1-2H3/b26-24-. The van der Waals surface area contributed by atoms with Crippen LogP contribution in [0.15, 0.2) is 76.6 Å². The zero-order chi connectivity index (χ0) is 29.8. The van der Waals surface area contributed by atoms with Crippen LogP contribution in [0.2, 0.25) is 5.02 Å². The predicted molar refractivity (Wildman–Crippen MR) is 161 cm³/mol. The molecule has 2 heterocycles. The van der Waals surface area contributed by atoms with Crippen LogP contribution in [0.5, 0.6) is 11.5 Å². The smallest absolute Gasteiger partial charge is 0.301 e. The Morgan fingerprint density at radius 1 is 1.12 bits per heavy atom. The van der Waals surface area contributed by atoms with Gasteiger partial charge in [-0.2, -0.15) is 0 Å². The SMILES string of the molecule is CCCOc1ccc(C2/C(=C(/O)c3ccc(OC)c(F)c3)C(=O)C(=O)N2c2nnc(SCc3ccccc3Cl)s2)cc1. The third kappa shape index (κ3) is 5.99. The molecule has 8 nitrogen and oxygen atoms in total. The van der Waals surface area contributed by atoms with Gasteiger partial charge in [0.1, 0.15) is 11.5 Å². The number of aliphatic hydroxyl groups is 1. The Balaban J connectivity index is 1.54. The molecule has 1 aliphatic heterocycles. The fraction of sp³-hybridized carbons (Fsp3) is 0.200. The van der Waals surface area contributed by atoms with Gasteiger partial charge in [-0.3, -0.25) is 14.5 Å². The van der Waals surface area contributed by atoms with Gasteiger partial charge < -0.3 is 14.6 Å². The lowest BCUT2D eigenvalue weighted by molar-refractivity contribution is -0.132. The van der Waals surface area contributed by atoms with Crippen LogP contribution in [0.3, 0.4) is 0 Å². The highest BCUT2D eigenvalue weighted by Crippen LogP contribution is 2.44. The number of thioether (sulfide) groups is 1. The molecule has 1 aliphatic rings. The van der Waals surface area contributed by atoms with E-state index in [0.29, 0.717) is 33.0 Å². The first kappa shape index (κ1) is 29.6. The van der Waals surface area contributed by atoms with Crippen LogP contribution in [0.1, 0.15) is 36.1 Å². The zero-order valence-electron chi connectivity index (χ0n) is 22.5. The summed E-state index contributed by atoms with van der Waals surface area (Å²) < 4.78 is 25.8. The molecule has 1 unspecified atom stereocenters. The average molecular weight is 626 g/mol. The number of aromatic nitrogens is 2. The van der Waals surface area contributed by atoms with E-state index in [2.05, 4.69) is 10.2 Å². The summed E-state index contributed by atoms with van der Waals surface area (Å²) in [6, 6.07) is 17.1. The summed E-state index contributed by atoms with van der Waals surface area (Å²) in [5, 5.41) is 20.5. The van der Waals surface area contributed by atoms with Crippen molar-refractivity contribution < 1.29 is 28.6 Å². The van der Waals surface area contributed by atoms with E-state index in [1.807, 2.05) is 25.1 Å². The minimum absolute atomic E-state index is 0.0208. The molecule has 0 bridgehead atoms. The second-order valence-electron chi connectivity index (χ2n) is 9.17. The van der Waals surface area contributed by atoms with Gasteiger partial charge in [-0.25, -0.2) is 4.39 Å². The Kier molecular flexibility index (Phi) is 9.10. The third-order valence-corrected chi connectivity index (χ3v) is 8.92. The summed E-state index contributed by atoms with van der Waals surface area (Å²) in [5.41, 5.74) is 1.26. The Morgan fingerprint density at radius 2 is 1.88 bits per heavy atom. The van der Waals surface area contributed by atoms with Crippen molar-refractivity contribution in [1.29, 1.82) is 0 Å². The van der Waals surface area contributed by atoms with Gasteiger partial charge in [0, 0.05) is 16.3 Å². The van der Waals surface area contributed by atoms with Gasteiger partial charge in [-0.1, -0.05) is 72.0 Å². The quantitative estimate of drug-likeness (QED) is 0.0658. The van der Waals surface area contributed by atoms with Gasteiger partial charge >= 0.3 is 5.91 Å². The number of halogens is 2. The van der Waals surface area contributed by atoms with Crippen LogP contribution in [0, 0.1) is 5.82 Å². The topological polar surface area (TPSA) is 102 Å². The number of ether oxygens (including phenoxy) is 2. The molecule has 12 heteroatoms. The van der Waals surface area contributed by atoms with E-state index in [4.69, 9.17) is 21.1 Å². The van der Waals surface area contributed by atoms with Gasteiger partial charge in [0.2, 0.25) is 5.13 Å². The van der Waals surface area contributed by atoms with E-state index >= 15 is 0 Å². The van der Waals surface area contributed by atoms with Crippen LogP contribution in [0.25, 0.3) is 5.76 Å². The number of hydrogen-bond donors (Lipinski definition) is 1. The van der Waals surface area contributed by atoms with Crippen molar-refractivity contribution in [3.05, 3.63) is 99.8 Å². The van der Waals surface area contributed by atoms with Crippen LogP contribution >= 0.6 is 34.7 Å². The average Bonchev–Trinajstić information content (AvgIpc) is 3.57. The number of hydrogen-bond acceptors (Lipinski definition) is 9. The molecule has 216 valence electrons. The number of ketones is 1. The number of aliphatic hydroxyl groups excluding tert-OH is 1. The first-order chi connectivity index (χ1) is 20.3. The number of amides is 1. The fourth-order valence-corrected chi connectivity index (χ4v) is 6.55. The van der Waals surface area contributed by atoms with Crippen LogP contribution in [-0.2, 0) is 15.3 Å². The minimum Gasteiger partial charge on any atom is -0.507 e. The highest BCUT2D eigenvalue weighted by Gasteiger charge is 2.48. The maximum absolute atomic E-state index is 14.5. The summed E-state index contributed by atoms with van der Waals surface area (Å²) in [6.07, 6.45) is 0.828. The van der Waals surface area contributed by atoms with E-state index in [9.17, 15) is 19.1 Å². The summed E-state index contributed by atoms with van der Waals surface area (Å²) in [4.78, 5) is 28.1. The Morgan fingerprint density at radius 3 is 2.57 bits per heavy atom. The molecular formula is C30H25ClFN3O5S2. The number of rotatable bonds is 10. The van der Waals surface area contributed by atoms with E-state index in [1.165, 1.54) is 35.9 Å². The molecule has 1 amide bonds. The van der Waals surface area contributed by atoms with E-state index in [0.717, 1.165) is 29.4 Å². The van der Waals surface area contributed by atoms with Crippen molar-refractivity contribution in [2.45, 2.75) is 29.5 Å². The zero-order valence-corrected chi connectivity index (χ0v) is 24.9. The lowest BCUT2D eigenvalue weighted by atomic mass is 9.95. The monoisotopic (exact) mass is 625 g/mol. The Bertz CT molecular complexity index is 1660. The van der Waals surface area contributed by atoms with Crippen molar-refractivity contribution in [2.75, 3.05) is 18.6 Å². The van der Waals surface area contributed by atoms with Crippen molar-refractivity contribution in [3.63, 3.8) is 0 Å². The minimum atomic E-state index is -1.05. The van der Waals surface area contributed by atoms with E-state index in [-0.39, 0.29) is 22.0 Å². The molecule has 1 fully saturated rings. The highest BCUT2D eigenvalue weighted by atomic mass is 35.5. The Labute approximate surface area is 254 Å². The number of benzene rings is 3. The molecule has 1 atom stereocenters. The summed E-state index contributed by atoms with van der Waals surface area (Å²) in [6.45, 7) is 2.52. The van der Waals surface area contributed by atoms with Gasteiger partial charge in [-0.05, 0) is 53.9 Å². The molecule has 1 N–H and O–H groups in total.